The molecule has 0 aliphatic carbocycles. The molecule has 8 heteroatoms. The molecule has 0 saturated carbocycles. The van der Waals surface area contributed by atoms with E-state index in [9.17, 15) is 0 Å². The van der Waals surface area contributed by atoms with Crippen LogP contribution >= 0.6 is 0 Å². The first-order valence-corrected chi connectivity index (χ1v) is 19.2. The molecule has 0 spiro atoms. The van der Waals surface area contributed by atoms with Crippen molar-refractivity contribution < 1.29 is 16.8 Å². The molecule has 0 N–H and O–H groups in total. The van der Waals surface area contributed by atoms with Crippen molar-refractivity contribution in [2.45, 2.75) is 65.3 Å². The van der Waals surface area contributed by atoms with Gasteiger partial charge in [0.15, 0.2) is 8.32 Å². The molecule has 0 saturated heterocycles. The Balaban J connectivity index is 4.91. The summed E-state index contributed by atoms with van der Waals surface area (Å²) in [5.41, 5.74) is 0. The molecule has 0 amide bonds. The van der Waals surface area contributed by atoms with Crippen LogP contribution in [-0.2, 0) is 16.8 Å². The summed E-state index contributed by atoms with van der Waals surface area (Å²) >= 11 is 0. The zero-order valence-corrected chi connectivity index (χ0v) is 19.3. The lowest BCUT2D eigenvalue weighted by Gasteiger charge is -2.40. The Morgan fingerprint density at radius 1 is 0.810 bits per heavy atom. The largest absolute Gasteiger partial charge is 0.437 e. The summed E-state index contributed by atoms with van der Waals surface area (Å²) in [6.45, 7) is 23.5. The molecular weight excluding hydrogens is 332 g/mol. The zero-order valence-electron chi connectivity index (χ0n) is 15.3. The third kappa shape index (κ3) is 9.95. The van der Waals surface area contributed by atoms with Gasteiger partial charge in [0.2, 0.25) is 0 Å². The molecule has 1 unspecified atom stereocenters. The van der Waals surface area contributed by atoms with Crippen molar-refractivity contribution in [1.82, 2.24) is 0 Å². The molecule has 4 nitrogen and oxygen atoms in total. The first-order valence-electron chi connectivity index (χ1n) is 7.59. The molecule has 0 aromatic carbocycles. The van der Waals surface area contributed by atoms with Gasteiger partial charge in [-0.1, -0.05) is 6.08 Å². The lowest BCUT2D eigenvalue weighted by molar-refractivity contribution is 0.232. The van der Waals surface area contributed by atoms with E-state index < -0.39 is 34.0 Å². The maximum atomic E-state index is 6.39. The molecule has 0 aliphatic heterocycles. The maximum Gasteiger partial charge on any atom is 0.330 e. The molecule has 0 heterocycles. The van der Waals surface area contributed by atoms with Crippen molar-refractivity contribution in [3.63, 3.8) is 0 Å². The second-order valence-corrected chi connectivity index (χ2v) is 22.5. The summed E-state index contributed by atoms with van der Waals surface area (Å²) in [6, 6.07) is 0.775. The molecule has 0 aromatic rings. The molecule has 0 radical (unpaired) electrons. The zero-order chi connectivity index (χ0) is 16.9. The van der Waals surface area contributed by atoms with Gasteiger partial charge in [-0.05, 0) is 59.3 Å². The van der Waals surface area contributed by atoms with Crippen LogP contribution in [0.15, 0.2) is 12.7 Å². The second-order valence-electron chi connectivity index (χ2n) is 7.28. The summed E-state index contributed by atoms with van der Waals surface area (Å²) in [7, 11) is -8.34. The Morgan fingerprint density at radius 2 is 1.29 bits per heavy atom. The summed E-state index contributed by atoms with van der Waals surface area (Å²) in [4.78, 5) is 0. The molecule has 0 fully saturated rings. The highest BCUT2D eigenvalue weighted by molar-refractivity contribution is 6.88. The first-order chi connectivity index (χ1) is 9.24. The van der Waals surface area contributed by atoms with Crippen molar-refractivity contribution in [1.29, 1.82) is 0 Å². The number of hydrogen-bond donors (Lipinski definition) is 0. The molecule has 21 heavy (non-hydrogen) atoms. The molecular formula is C13H34O4Si4. The van der Waals surface area contributed by atoms with Gasteiger partial charge < -0.3 is 16.8 Å². The Labute approximate surface area is 135 Å². The van der Waals surface area contributed by atoms with Crippen molar-refractivity contribution in [2.24, 2.45) is 0 Å². The molecule has 0 aliphatic rings. The van der Waals surface area contributed by atoms with Gasteiger partial charge in [0, 0.05) is 12.7 Å². The van der Waals surface area contributed by atoms with Crippen LogP contribution in [0.2, 0.25) is 58.4 Å². The van der Waals surface area contributed by atoms with E-state index in [0.29, 0.717) is 6.61 Å². The van der Waals surface area contributed by atoms with Gasteiger partial charge in [0.25, 0.3) is 0 Å². The highest BCUT2D eigenvalue weighted by Crippen LogP contribution is 2.26. The highest BCUT2D eigenvalue weighted by Gasteiger charge is 2.44. The van der Waals surface area contributed by atoms with Gasteiger partial charge in [-0.25, -0.2) is 0 Å². The van der Waals surface area contributed by atoms with Gasteiger partial charge in [0.05, 0.1) is 0 Å². The Hall–Kier alpha value is 0.448. The predicted octanol–water partition coefficient (Wildman–Crippen LogP) is 4.57. The summed E-state index contributed by atoms with van der Waals surface area (Å²) in [6.07, 6.45) is 1.88. The van der Waals surface area contributed by atoms with E-state index in [0.717, 1.165) is 6.04 Å². The third-order valence-electron chi connectivity index (χ3n) is 2.47. The topological polar surface area (TPSA) is 36.9 Å². The molecule has 0 rings (SSSR count). The van der Waals surface area contributed by atoms with Crippen LogP contribution < -0.4 is 0 Å². The average Bonchev–Trinajstić information content (AvgIpc) is 2.08. The predicted molar refractivity (Wildman–Crippen MR) is 99.8 cm³/mol. The fourth-order valence-corrected chi connectivity index (χ4v) is 20.3. The fraction of sp³-hybridized carbons (Fsp3) is 0.846. The number of rotatable bonds is 10. The van der Waals surface area contributed by atoms with E-state index in [2.05, 4.69) is 59.0 Å². The normalized spacial score (nSPS) is 16.6. The van der Waals surface area contributed by atoms with Crippen LogP contribution in [0.1, 0.15) is 6.92 Å². The first kappa shape index (κ1) is 21.4. The van der Waals surface area contributed by atoms with Crippen LogP contribution in [0.5, 0.6) is 0 Å². The van der Waals surface area contributed by atoms with Gasteiger partial charge in [-0.15, -0.1) is 6.58 Å². The lowest BCUT2D eigenvalue weighted by atomic mass is 10.8. The quantitative estimate of drug-likeness (QED) is 0.419. The molecule has 126 valence electrons. The molecule has 0 bridgehead atoms. The van der Waals surface area contributed by atoms with Crippen LogP contribution in [0, 0.1) is 0 Å². The smallest absolute Gasteiger partial charge is 0.330 e. The second kappa shape index (κ2) is 7.82. The average molecular weight is 367 g/mol. The lowest BCUT2D eigenvalue weighted by Crippen LogP contribution is -2.57. The SMILES string of the molecule is C=CC[Si](C)(OCC)O[Si](C)(C)O[Si](C)(C)O[Si](C)(C)C. The Bertz CT molecular complexity index is 342. The number of hydrogen-bond acceptors (Lipinski definition) is 4. The summed E-state index contributed by atoms with van der Waals surface area (Å²) in [5, 5.41) is 0. The van der Waals surface area contributed by atoms with Crippen molar-refractivity contribution >= 4 is 34.0 Å². The minimum absolute atomic E-state index is 0.660. The van der Waals surface area contributed by atoms with E-state index in [1.54, 1.807) is 0 Å². The summed E-state index contributed by atoms with van der Waals surface area (Å²) in [5.74, 6) is 0. The van der Waals surface area contributed by atoms with E-state index in [1.165, 1.54) is 0 Å². The van der Waals surface area contributed by atoms with Gasteiger partial charge in [0.1, 0.15) is 0 Å². The Morgan fingerprint density at radius 3 is 1.67 bits per heavy atom. The maximum absolute atomic E-state index is 6.39. The van der Waals surface area contributed by atoms with Crippen LogP contribution in [-0.4, -0.2) is 40.6 Å². The monoisotopic (exact) mass is 366 g/mol. The third-order valence-corrected chi connectivity index (χ3v) is 16.4. The van der Waals surface area contributed by atoms with Gasteiger partial charge in [-0.3, -0.25) is 0 Å². The van der Waals surface area contributed by atoms with Gasteiger partial charge >= 0.3 is 25.7 Å². The molecule has 1 atom stereocenters. The van der Waals surface area contributed by atoms with Gasteiger partial charge in [-0.2, -0.15) is 0 Å². The highest BCUT2D eigenvalue weighted by atomic mass is 28.5. The standard InChI is InChI=1S/C13H34O4Si4/c1-11-13-21(10,14-12-2)17-20(8,9)16-19(6,7)15-18(3,4)5/h11H,1,12-13H2,2-10H3. The minimum Gasteiger partial charge on any atom is -0.437 e. The van der Waals surface area contributed by atoms with E-state index in [1.807, 2.05) is 13.0 Å². The van der Waals surface area contributed by atoms with E-state index in [-0.39, 0.29) is 0 Å². The fourth-order valence-electron chi connectivity index (χ4n) is 2.59. The van der Waals surface area contributed by atoms with Crippen LogP contribution in [0.4, 0.5) is 0 Å². The van der Waals surface area contributed by atoms with E-state index >= 15 is 0 Å². The minimum atomic E-state index is -2.30. The Kier molecular flexibility index (Phi) is 7.99. The van der Waals surface area contributed by atoms with E-state index in [4.69, 9.17) is 16.8 Å². The summed E-state index contributed by atoms with van der Waals surface area (Å²) < 4.78 is 24.9. The van der Waals surface area contributed by atoms with Crippen molar-refractivity contribution in [3.8, 4) is 0 Å². The molecule has 0 aromatic heterocycles. The number of allylic oxidation sites excluding steroid dienone is 1. The van der Waals surface area contributed by atoms with Crippen molar-refractivity contribution in [2.75, 3.05) is 6.61 Å². The van der Waals surface area contributed by atoms with Crippen LogP contribution in [0.25, 0.3) is 0 Å². The van der Waals surface area contributed by atoms with Crippen LogP contribution in [0.3, 0.4) is 0 Å². The van der Waals surface area contributed by atoms with Crippen molar-refractivity contribution in [3.05, 3.63) is 12.7 Å².